The second kappa shape index (κ2) is 8.90. The van der Waals surface area contributed by atoms with Crippen molar-refractivity contribution in [1.29, 1.82) is 0 Å². The average molecular weight is 298 g/mol. The van der Waals surface area contributed by atoms with Crippen LogP contribution in [-0.2, 0) is 4.79 Å². The molecule has 1 fully saturated rings. The topological polar surface area (TPSA) is 69.6 Å². The molecule has 0 spiro atoms. The molecule has 2 N–H and O–H groups in total. The minimum absolute atomic E-state index is 0.168. The van der Waals surface area contributed by atoms with Gasteiger partial charge in [0.1, 0.15) is 6.54 Å². The number of hydrogen-bond donors (Lipinski definition) is 2. The minimum Gasteiger partial charge on any atom is -0.480 e. The number of carboxylic acids is 1. The van der Waals surface area contributed by atoms with Crippen molar-refractivity contribution in [3.8, 4) is 0 Å². The Kier molecular flexibility index (Phi) is 7.54. The van der Waals surface area contributed by atoms with Crippen molar-refractivity contribution in [3.63, 3.8) is 0 Å². The van der Waals surface area contributed by atoms with Crippen LogP contribution in [0.15, 0.2) is 0 Å². The highest BCUT2D eigenvalue weighted by Crippen LogP contribution is 2.27. The van der Waals surface area contributed by atoms with Gasteiger partial charge in [0, 0.05) is 12.6 Å². The Morgan fingerprint density at radius 3 is 2.33 bits per heavy atom. The highest BCUT2D eigenvalue weighted by Gasteiger charge is 2.26. The maximum absolute atomic E-state index is 12.4. The number of hydrogen-bond acceptors (Lipinski definition) is 2. The number of urea groups is 1. The molecule has 1 saturated carbocycles. The molecule has 0 saturated heterocycles. The summed E-state index contributed by atoms with van der Waals surface area (Å²) in [5.41, 5.74) is 0. The van der Waals surface area contributed by atoms with Gasteiger partial charge in [0.05, 0.1) is 0 Å². The zero-order chi connectivity index (χ0) is 15.8. The number of nitrogens with zero attached hydrogens (tertiary/aromatic N) is 1. The Hall–Kier alpha value is -1.26. The lowest BCUT2D eigenvalue weighted by molar-refractivity contribution is -0.137. The molecule has 0 heterocycles. The van der Waals surface area contributed by atoms with Gasteiger partial charge < -0.3 is 15.3 Å². The van der Waals surface area contributed by atoms with Crippen LogP contribution in [0, 0.1) is 11.8 Å². The van der Waals surface area contributed by atoms with Crippen LogP contribution in [-0.4, -0.2) is 41.1 Å². The van der Waals surface area contributed by atoms with E-state index in [-0.39, 0.29) is 24.5 Å². The molecule has 0 aromatic heterocycles. The lowest BCUT2D eigenvalue weighted by Crippen LogP contribution is -2.50. The van der Waals surface area contributed by atoms with Crippen LogP contribution >= 0.6 is 0 Å². The maximum Gasteiger partial charge on any atom is 0.323 e. The largest absolute Gasteiger partial charge is 0.480 e. The summed E-state index contributed by atoms with van der Waals surface area (Å²) in [6.07, 6.45) is 7.01. The van der Waals surface area contributed by atoms with Crippen LogP contribution in [0.3, 0.4) is 0 Å². The van der Waals surface area contributed by atoms with Gasteiger partial charge in [-0.3, -0.25) is 4.79 Å². The average Bonchev–Trinajstić information content (AvgIpc) is 2.43. The number of carbonyl (C=O) groups is 2. The molecule has 5 heteroatoms. The van der Waals surface area contributed by atoms with Crippen molar-refractivity contribution in [2.24, 2.45) is 11.8 Å². The van der Waals surface area contributed by atoms with Crippen LogP contribution in [0.4, 0.5) is 4.79 Å². The van der Waals surface area contributed by atoms with Crippen LogP contribution in [0.25, 0.3) is 0 Å². The summed E-state index contributed by atoms with van der Waals surface area (Å²) in [5.74, 6) is -0.167. The first-order chi connectivity index (χ1) is 9.93. The van der Waals surface area contributed by atoms with Crippen molar-refractivity contribution in [1.82, 2.24) is 10.2 Å². The number of amides is 2. The minimum atomic E-state index is -0.962. The highest BCUT2D eigenvalue weighted by molar-refractivity contribution is 5.80. The van der Waals surface area contributed by atoms with Crippen LogP contribution < -0.4 is 5.32 Å². The fraction of sp³-hybridized carbons (Fsp3) is 0.875. The van der Waals surface area contributed by atoms with Crippen molar-refractivity contribution < 1.29 is 14.7 Å². The number of carboxylic acid groups (broad SMARTS) is 1. The third-order valence-electron chi connectivity index (χ3n) is 4.17. The molecule has 1 rings (SSSR count). The fourth-order valence-corrected chi connectivity index (χ4v) is 3.16. The smallest absolute Gasteiger partial charge is 0.323 e. The molecule has 1 aliphatic carbocycles. The summed E-state index contributed by atoms with van der Waals surface area (Å²) in [4.78, 5) is 24.7. The van der Waals surface area contributed by atoms with E-state index in [0.29, 0.717) is 12.5 Å². The fourth-order valence-electron chi connectivity index (χ4n) is 3.16. The summed E-state index contributed by atoms with van der Waals surface area (Å²) < 4.78 is 0. The van der Waals surface area contributed by atoms with Crippen LogP contribution in [0.5, 0.6) is 0 Å². The van der Waals surface area contributed by atoms with E-state index in [1.807, 2.05) is 13.8 Å². The summed E-state index contributed by atoms with van der Waals surface area (Å²) in [6.45, 7) is 6.30. The van der Waals surface area contributed by atoms with Gasteiger partial charge in [-0.15, -0.1) is 0 Å². The van der Waals surface area contributed by atoms with Gasteiger partial charge in [-0.25, -0.2) is 4.79 Å². The van der Waals surface area contributed by atoms with E-state index in [1.165, 1.54) is 37.0 Å². The van der Waals surface area contributed by atoms with Gasteiger partial charge in [-0.05, 0) is 31.1 Å². The van der Waals surface area contributed by atoms with Crippen molar-refractivity contribution in [2.75, 3.05) is 13.1 Å². The third kappa shape index (κ3) is 6.36. The Labute approximate surface area is 128 Å². The molecule has 0 aliphatic heterocycles. The molecular weight excluding hydrogens is 268 g/mol. The van der Waals surface area contributed by atoms with Crippen molar-refractivity contribution in [2.45, 2.75) is 65.3 Å². The third-order valence-corrected chi connectivity index (χ3v) is 4.17. The molecular formula is C16H30N2O3. The predicted molar refractivity (Wildman–Crippen MR) is 83.2 cm³/mol. The Morgan fingerprint density at radius 1 is 1.24 bits per heavy atom. The second-order valence-electron chi connectivity index (χ2n) is 6.53. The van der Waals surface area contributed by atoms with E-state index in [2.05, 4.69) is 12.2 Å². The van der Waals surface area contributed by atoms with Gasteiger partial charge in [-0.1, -0.05) is 40.0 Å². The predicted octanol–water partition coefficient (Wildman–Crippen LogP) is 3.10. The molecule has 0 bridgehead atoms. The number of nitrogens with one attached hydrogen (secondary N) is 1. The lowest BCUT2D eigenvalue weighted by atomic mass is 9.83. The Morgan fingerprint density at radius 2 is 1.86 bits per heavy atom. The lowest BCUT2D eigenvalue weighted by Gasteiger charge is -2.32. The molecule has 1 atom stereocenters. The molecule has 1 unspecified atom stereocenters. The van der Waals surface area contributed by atoms with E-state index < -0.39 is 5.97 Å². The van der Waals surface area contributed by atoms with Crippen LogP contribution in [0.2, 0.25) is 0 Å². The van der Waals surface area contributed by atoms with Gasteiger partial charge in [0.15, 0.2) is 0 Å². The number of carbonyl (C=O) groups excluding carboxylic acids is 1. The zero-order valence-corrected chi connectivity index (χ0v) is 13.6. The van der Waals surface area contributed by atoms with Gasteiger partial charge >= 0.3 is 12.0 Å². The van der Waals surface area contributed by atoms with Crippen molar-refractivity contribution >= 4 is 12.0 Å². The molecule has 2 amide bonds. The number of rotatable bonds is 7. The first-order valence-corrected chi connectivity index (χ1v) is 8.21. The maximum atomic E-state index is 12.4. The summed E-state index contributed by atoms with van der Waals surface area (Å²) in [6, 6.07) is -0.0650. The normalized spacial score (nSPS) is 17.5. The van der Waals surface area contributed by atoms with E-state index in [0.717, 1.165) is 6.42 Å². The van der Waals surface area contributed by atoms with E-state index in [1.54, 1.807) is 0 Å². The summed E-state index contributed by atoms with van der Waals surface area (Å²) in [5, 5.41) is 12.0. The number of aliphatic carboxylic acids is 1. The molecule has 1 aliphatic rings. The SMILES string of the molecule is CCC(NC(=O)N(CC(=O)O)CC(C)C)C1CCCCC1. The molecule has 0 aromatic carbocycles. The first-order valence-electron chi connectivity index (χ1n) is 8.21. The first kappa shape index (κ1) is 17.8. The summed E-state index contributed by atoms with van der Waals surface area (Å²) >= 11 is 0. The molecule has 5 nitrogen and oxygen atoms in total. The van der Waals surface area contributed by atoms with Crippen molar-refractivity contribution in [3.05, 3.63) is 0 Å². The van der Waals surface area contributed by atoms with Gasteiger partial charge in [-0.2, -0.15) is 0 Å². The molecule has 0 radical (unpaired) electrons. The van der Waals surface area contributed by atoms with Crippen LogP contribution in [0.1, 0.15) is 59.3 Å². The van der Waals surface area contributed by atoms with Gasteiger partial charge in [0.2, 0.25) is 0 Å². The highest BCUT2D eigenvalue weighted by atomic mass is 16.4. The van der Waals surface area contributed by atoms with E-state index in [4.69, 9.17) is 5.11 Å². The molecule has 0 aromatic rings. The quantitative estimate of drug-likeness (QED) is 0.759. The van der Waals surface area contributed by atoms with E-state index in [9.17, 15) is 9.59 Å². The molecule has 122 valence electrons. The van der Waals surface area contributed by atoms with Gasteiger partial charge in [0.25, 0.3) is 0 Å². The second-order valence-corrected chi connectivity index (χ2v) is 6.53. The molecule has 21 heavy (non-hydrogen) atoms. The monoisotopic (exact) mass is 298 g/mol. The Balaban J connectivity index is 2.61. The standard InChI is InChI=1S/C16H30N2O3/c1-4-14(13-8-6-5-7-9-13)17-16(21)18(10-12(2)3)11-15(19)20/h12-14H,4-11H2,1-3H3,(H,17,21)(H,19,20). The van der Waals surface area contributed by atoms with E-state index >= 15 is 0 Å². The Bertz CT molecular complexity index is 338. The zero-order valence-electron chi connectivity index (χ0n) is 13.6. The summed E-state index contributed by atoms with van der Waals surface area (Å²) in [7, 11) is 0.